The summed E-state index contributed by atoms with van der Waals surface area (Å²) in [5.41, 5.74) is -0.235. The Bertz CT molecular complexity index is 564. The Balaban J connectivity index is 0.00000147. The molecular formula is C13H14ClF2N3O. The van der Waals surface area contributed by atoms with Gasteiger partial charge in [0.25, 0.3) is 0 Å². The van der Waals surface area contributed by atoms with E-state index >= 15 is 0 Å². The molecule has 1 aliphatic heterocycles. The van der Waals surface area contributed by atoms with Crippen molar-refractivity contribution >= 4 is 12.4 Å². The van der Waals surface area contributed by atoms with E-state index in [2.05, 4.69) is 15.5 Å². The van der Waals surface area contributed by atoms with E-state index in [1.807, 2.05) is 0 Å². The predicted molar refractivity (Wildman–Crippen MR) is 71.7 cm³/mol. The third kappa shape index (κ3) is 2.81. The monoisotopic (exact) mass is 301 g/mol. The molecule has 0 aliphatic carbocycles. The highest BCUT2D eigenvalue weighted by molar-refractivity contribution is 5.85. The Kier molecular flexibility index (Phi) is 4.67. The Morgan fingerprint density at radius 2 is 2.00 bits per heavy atom. The summed E-state index contributed by atoms with van der Waals surface area (Å²) in [6, 6.07) is 3.66. The Morgan fingerprint density at radius 3 is 2.65 bits per heavy atom. The number of nitrogens with one attached hydrogen (secondary N) is 1. The third-order valence-electron chi connectivity index (χ3n) is 3.27. The van der Waals surface area contributed by atoms with Crippen molar-refractivity contribution in [1.29, 1.82) is 0 Å². The van der Waals surface area contributed by atoms with Crippen LogP contribution in [-0.2, 0) is 0 Å². The van der Waals surface area contributed by atoms with E-state index in [1.54, 1.807) is 0 Å². The first-order valence-electron chi connectivity index (χ1n) is 6.24. The van der Waals surface area contributed by atoms with Crippen molar-refractivity contribution in [2.24, 2.45) is 0 Å². The summed E-state index contributed by atoms with van der Waals surface area (Å²) in [6.45, 7) is 1.72. The molecule has 1 atom stereocenters. The van der Waals surface area contributed by atoms with Gasteiger partial charge in [-0.2, -0.15) is 4.98 Å². The predicted octanol–water partition coefficient (Wildman–Crippen LogP) is 2.90. The van der Waals surface area contributed by atoms with Gasteiger partial charge < -0.3 is 9.84 Å². The highest BCUT2D eigenvalue weighted by Crippen LogP contribution is 2.27. The number of benzene rings is 1. The van der Waals surface area contributed by atoms with Crippen LogP contribution < -0.4 is 5.32 Å². The molecule has 0 bridgehead atoms. The van der Waals surface area contributed by atoms with Crippen LogP contribution in [0.4, 0.5) is 8.78 Å². The van der Waals surface area contributed by atoms with Crippen LogP contribution in [0.3, 0.4) is 0 Å². The highest BCUT2D eigenvalue weighted by Gasteiger charge is 2.23. The van der Waals surface area contributed by atoms with E-state index in [1.165, 1.54) is 18.2 Å². The molecule has 3 rings (SSSR count). The zero-order valence-electron chi connectivity index (χ0n) is 10.6. The van der Waals surface area contributed by atoms with E-state index in [-0.39, 0.29) is 29.7 Å². The van der Waals surface area contributed by atoms with Crippen molar-refractivity contribution in [3.05, 3.63) is 35.7 Å². The Hall–Kier alpha value is -1.53. The van der Waals surface area contributed by atoms with E-state index in [0.717, 1.165) is 25.9 Å². The van der Waals surface area contributed by atoms with Crippen LogP contribution in [0.25, 0.3) is 11.4 Å². The summed E-state index contributed by atoms with van der Waals surface area (Å²) in [7, 11) is 0. The van der Waals surface area contributed by atoms with Gasteiger partial charge in [0.05, 0.1) is 11.5 Å². The average Bonchev–Trinajstić information content (AvgIpc) is 2.89. The lowest BCUT2D eigenvalue weighted by Crippen LogP contribution is -2.28. The van der Waals surface area contributed by atoms with Gasteiger partial charge in [-0.1, -0.05) is 11.2 Å². The lowest BCUT2D eigenvalue weighted by molar-refractivity contribution is 0.322. The quantitative estimate of drug-likeness (QED) is 0.926. The van der Waals surface area contributed by atoms with Gasteiger partial charge in [-0.05, 0) is 31.5 Å². The fourth-order valence-corrected chi connectivity index (χ4v) is 2.28. The van der Waals surface area contributed by atoms with Crippen molar-refractivity contribution < 1.29 is 13.3 Å². The molecule has 0 amide bonds. The number of aromatic nitrogens is 2. The van der Waals surface area contributed by atoms with Crippen molar-refractivity contribution in [2.75, 3.05) is 13.1 Å². The molecule has 2 heterocycles. The second-order valence-electron chi connectivity index (χ2n) is 4.60. The first-order valence-corrected chi connectivity index (χ1v) is 6.24. The Labute approximate surface area is 121 Å². The molecule has 1 aromatic carbocycles. The lowest BCUT2D eigenvalue weighted by Gasteiger charge is -2.18. The summed E-state index contributed by atoms with van der Waals surface area (Å²) in [5.74, 6) is -0.853. The van der Waals surface area contributed by atoms with Crippen LogP contribution in [0.2, 0.25) is 0 Å². The van der Waals surface area contributed by atoms with E-state index < -0.39 is 11.6 Å². The number of halogens is 3. The van der Waals surface area contributed by atoms with Crippen molar-refractivity contribution in [3.8, 4) is 11.4 Å². The summed E-state index contributed by atoms with van der Waals surface area (Å²) >= 11 is 0. The standard InChI is InChI=1S/C13H13F2N3O.ClH/c14-9-4-1-5-10(15)11(9)12-17-13(19-18-12)8-3-2-6-16-7-8;/h1,4-5,8,16H,2-3,6-7H2;1H/t8-;/m0./s1. The molecule has 0 unspecified atom stereocenters. The van der Waals surface area contributed by atoms with Crippen LogP contribution in [0.5, 0.6) is 0 Å². The number of hydrogen-bond donors (Lipinski definition) is 1. The number of rotatable bonds is 2. The minimum Gasteiger partial charge on any atom is -0.339 e. The van der Waals surface area contributed by atoms with Crippen LogP contribution >= 0.6 is 12.4 Å². The topological polar surface area (TPSA) is 51.0 Å². The number of piperidine rings is 1. The van der Waals surface area contributed by atoms with Crippen LogP contribution in [0.15, 0.2) is 22.7 Å². The molecule has 1 fully saturated rings. The first kappa shape index (κ1) is 14.9. The Morgan fingerprint density at radius 1 is 1.25 bits per heavy atom. The molecule has 1 aromatic heterocycles. The maximum atomic E-state index is 13.6. The van der Waals surface area contributed by atoms with Crippen molar-refractivity contribution in [2.45, 2.75) is 18.8 Å². The van der Waals surface area contributed by atoms with Crippen LogP contribution in [0, 0.1) is 11.6 Å². The van der Waals surface area contributed by atoms with Gasteiger partial charge >= 0.3 is 0 Å². The lowest BCUT2D eigenvalue weighted by atomic mass is 10.00. The summed E-state index contributed by atoms with van der Waals surface area (Å²) in [4.78, 5) is 4.13. The molecule has 7 heteroatoms. The summed E-state index contributed by atoms with van der Waals surface area (Å²) < 4.78 is 32.4. The van der Waals surface area contributed by atoms with Gasteiger partial charge in [0.15, 0.2) is 0 Å². The van der Waals surface area contributed by atoms with Crippen molar-refractivity contribution in [3.63, 3.8) is 0 Å². The van der Waals surface area contributed by atoms with Gasteiger partial charge in [0, 0.05) is 6.54 Å². The molecule has 4 nitrogen and oxygen atoms in total. The molecular weight excluding hydrogens is 288 g/mol. The molecule has 2 aromatic rings. The molecule has 1 saturated heterocycles. The molecule has 0 saturated carbocycles. The minimum atomic E-state index is -0.686. The van der Waals surface area contributed by atoms with Crippen LogP contribution in [0.1, 0.15) is 24.7 Å². The van der Waals surface area contributed by atoms with E-state index in [0.29, 0.717) is 5.89 Å². The van der Waals surface area contributed by atoms with Crippen LogP contribution in [-0.4, -0.2) is 23.2 Å². The maximum Gasteiger partial charge on any atom is 0.231 e. The fourth-order valence-electron chi connectivity index (χ4n) is 2.28. The van der Waals surface area contributed by atoms with E-state index in [9.17, 15) is 8.78 Å². The van der Waals surface area contributed by atoms with Crippen molar-refractivity contribution in [1.82, 2.24) is 15.5 Å². The second kappa shape index (κ2) is 6.28. The van der Waals surface area contributed by atoms with Gasteiger partial charge in [0.1, 0.15) is 11.6 Å². The van der Waals surface area contributed by atoms with Gasteiger partial charge in [-0.25, -0.2) is 8.78 Å². The molecule has 1 aliphatic rings. The second-order valence-corrected chi connectivity index (χ2v) is 4.60. The van der Waals surface area contributed by atoms with Gasteiger partial charge in [-0.3, -0.25) is 0 Å². The van der Waals surface area contributed by atoms with Gasteiger partial charge in [-0.15, -0.1) is 12.4 Å². The first-order chi connectivity index (χ1) is 9.25. The molecule has 0 radical (unpaired) electrons. The highest BCUT2D eigenvalue weighted by atomic mass is 35.5. The normalized spacial score (nSPS) is 18.6. The summed E-state index contributed by atoms with van der Waals surface area (Å²) in [6.07, 6.45) is 1.96. The van der Waals surface area contributed by atoms with Gasteiger partial charge in [0.2, 0.25) is 11.7 Å². The molecule has 0 spiro atoms. The largest absolute Gasteiger partial charge is 0.339 e. The number of nitrogens with zero attached hydrogens (tertiary/aromatic N) is 2. The summed E-state index contributed by atoms with van der Waals surface area (Å²) in [5, 5.41) is 6.92. The van der Waals surface area contributed by atoms with E-state index in [4.69, 9.17) is 4.52 Å². The molecule has 20 heavy (non-hydrogen) atoms. The fraction of sp³-hybridized carbons (Fsp3) is 0.385. The third-order valence-corrected chi connectivity index (χ3v) is 3.27. The zero-order chi connectivity index (χ0) is 13.2. The molecule has 1 N–H and O–H groups in total. The minimum absolute atomic E-state index is 0. The SMILES string of the molecule is Cl.Fc1cccc(F)c1-c1noc([C@H]2CCCNC2)n1. The smallest absolute Gasteiger partial charge is 0.231 e. The zero-order valence-corrected chi connectivity index (χ0v) is 11.4. The number of hydrogen-bond acceptors (Lipinski definition) is 4. The average molecular weight is 302 g/mol. The maximum absolute atomic E-state index is 13.6. The molecule has 108 valence electrons.